The van der Waals surface area contributed by atoms with Crippen LogP contribution in [0.2, 0.25) is 0 Å². The Balaban J connectivity index is 1.55. The van der Waals surface area contributed by atoms with E-state index in [1.54, 1.807) is 0 Å². The molecule has 1 saturated heterocycles. The summed E-state index contributed by atoms with van der Waals surface area (Å²) in [6.45, 7) is 9.40. The lowest BCUT2D eigenvalue weighted by atomic mass is 10.0. The van der Waals surface area contributed by atoms with Crippen LogP contribution in [0, 0.1) is 6.92 Å². The predicted molar refractivity (Wildman–Crippen MR) is 134 cm³/mol. The second-order valence-corrected chi connectivity index (χ2v) is 8.72. The standard InChI is InChI=1S/C28H34N4O/c1-4-22-12-14-24(15-13-22)28(33)32-17-9-16-31(18-19-32)27-25(20-23-10-7-6-8-11-23)26(5-2)29-21(3)30-27/h6-8,10-15H,4-5,9,16-20H2,1-3H3. The van der Waals surface area contributed by atoms with E-state index < -0.39 is 0 Å². The molecule has 0 aliphatic carbocycles. The highest BCUT2D eigenvalue weighted by Crippen LogP contribution is 2.26. The molecule has 1 aliphatic heterocycles. The van der Waals surface area contributed by atoms with Crippen molar-refractivity contribution in [2.24, 2.45) is 0 Å². The second-order valence-electron chi connectivity index (χ2n) is 8.72. The molecule has 0 saturated carbocycles. The van der Waals surface area contributed by atoms with E-state index in [1.807, 2.05) is 30.0 Å². The number of nitrogens with zero attached hydrogens (tertiary/aromatic N) is 4. The van der Waals surface area contributed by atoms with Crippen molar-refractivity contribution < 1.29 is 4.79 Å². The van der Waals surface area contributed by atoms with Gasteiger partial charge in [-0.2, -0.15) is 0 Å². The van der Waals surface area contributed by atoms with Crippen LogP contribution < -0.4 is 4.90 Å². The Hall–Kier alpha value is -3.21. The van der Waals surface area contributed by atoms with Crippen molar-refractivity contribution in [3.8, 4) is 0 Å². The Morgan fingerprint density at radius 1 is 0.848 bits per heavy atom. The van der Waals surface area contributed by atoms with Crippen molar-refractivity contribution in [2.45, 2.75) is 46.5 Å². The number of carbonyl (C=O) groups excluding carboxylic acids is 1. The number of hydrogen-bond donors (Lipinski definition) is 0. The lowest BCUT2D eigenvalue weighted by Gasteiger charge is -2.26. The van der Waals surface area contributed by atoms with E-state index in [-0.39, 0.29) is 5.91 Å². The van der Waals surface area contributed by atoms with Crippen LogP contribution in [-0.2, 0) is 19.3 Å². The van der Waals surface area contributed by atoms with Crippen molar-refractivity contribution >= 4 is 11.7 Å². The number of carbonyl (C=O) groups is 1. The molecule has 5 heteroatoms. The van der Waals surface area contributed by atoms with Gasteiger partial charge >= 0.3 is 0 Å². The normalized spacial score (nSPS) is 14.3. The Morgan fingerprint density at radius 2 is 1.61 bits per heavy atom. The van der Waals surface area contributed by atoms with E-state index in [0.29, 0.717) is 6.54 Å². The molecule has 1 aliphatic rings. The fraction of sp³-hybridized carbons (Fsp3) is 0.393. The van der Waals surface area contributed by atoms with Crippen LogP contribution in [0.5, 0.6) is 0 Å². The minimum atomic E-state index is 0.122. The van der Waals surface area contributed by atoms with Crippen LogP contribution in [0.1, 0.15) is 58.8 Å². The van der Waals surface area contributed by atoms with Crippen molar-refractivity contribution in [2.75, 3.05) is 31.1 Å². The van der Waals surface area contributed by atoms with Gasteiger partial charge in [-0.3, -0.25) is 4.79 Å². The summed E-state index contributed by atoms with van der Waals surface area (Å²) in [7, 11) is 0. The third-order valence-corrected chi connectivity index (χ3v) is 6.43. The van der Waals surface area contributed by atoms with E-state index >= 15 is 0 Å². The monoisotopic (exact) mass is 442 g/mol. The highest BCUT2D eigenvalue weighted by Gasteiger charge is 2.24. The summed E-state index contributed by atoms with van der Waals surface area (Å²) >= 11 is 0. The molecule has 1 amide bonds. The first kappa shape index (κ1) is 23.0. The molecule has 0 unspecified atom stereocenters. The molecule has 1 aromatic heterocycles. The fourth-order valence-corrected chi connectivity index (χ4v) is 4.57. The van der Waals surface area contributed by atoms with Crippen LogP contribution >= 0.6 is 0 Å². The Kier molecular flexibility index (Phi) is 7.38. The van der Waals surface area contributed by atoms with Gasteiger partial charge in [0.15, 0.2) is 0 Å². The maximum Gasteiger partial charge on any atom is 0.253 e. The van der Waals surface area contributed by atoms with E-state index in [2.05, 4.69) is 55.1 Å². The molecular weight excluding hydrogens is 408 g/mol. The number of aryl methyl sites for hydroxylation is 3. The third-order valence-electron chi connectivity index (χ3n) is 6.43. The number of amides is 1. The van der Waals surface area contributed by atoms with Gasteiger partial charge in [-0.1, -0.05) is 56.3 Å². The SMILES string of the molecule is CCc1ccc(C(=O)N2CCCN(c3nc(C)nc(CC)c3Cc3ccccc3)CC2)cc1. The topological polar surface area (TPSA) is 49.3 Å². The van der Waals surface area contributed by atoms with Gasteiger partial charge in [0.2, 0.25) is 0 Å². The molecule has 5 nitrogen and oxygen atoms in total. The molecule has 172 valence electrons. The maximum atomic E-state index is 13.1. The van der Waals surface area contributed by atoms with Crippen LogP contribution in [0.15, 0.2) is 54.6 Å². The first-order chi connectivity index (χ1) is 16.1. The summed E-state index contributed by atoms with van der Waals surface area (Å²) in [4.78, 5) is 27.2. The van der Waals surface area contributed by atoms with Crippen molar-refractivity contribution in [3.05, 3.63) is 88.4 Å². The van der Waals surface area contributed by atoms with Gasteiger partial charge in [-0.05, 0) is 49.4 Å². The summed E-state index contributed by atoms with van der Waals surface area (Å²) in [5.41, 5.74) is 5.63. The maximum absolute atomic E-state index is 13.1. The van der Waals surface area contributed by atoms with E-state index in [0.717, 1.165) is 68.2 Å². The zero-order valence-corrected chi connectivity index (χ0v) is 20.1. The molecule has 2 heterocycles. The molecule has 3 aromatic rings. The van der Waals surface area contributed by atoms with Gasteiger partial charge < -0.3 is 9.80 Å². The lowest BCUT2D eigenvalue weighted by molar-refractivity contribution is 0.0767. The summed E-state index contributed by atoms with van der Waals surface area (Å²) < 4.78 is 0. The number of rotatable bonds is 6. The van der Waals surface area contributed by atoms with E-state index in [4.69, 9.17) is 9.97 Å². The van der Waals surface area contributed by atoms with Crippen LogP contribution in [-0.4, -0.2) is 47.0 Å². The highest BCUT2D eigenvalue weighted by molar-refractivity contribution is 5.94. The van der Waals surface area contributed by atoms with Crippen LogP contribution in [0.4, 0.5) is 5.82 Å². The molecule has 2 aromatic carbocycles. The van der Waals surface area contributed by atoms with Crippen molar-refractivity contribution in [3.63, 3.8) is 0 Å². The summed E-state index contributed by atoms with van der Waals surface area (Å²) in [6, 6.07) is 18.6. The minimum Gasteiger partial charge on any atom is -0.354 e. The molecule has 33 heavy (non-hydrogen) atoms. The molecule has 0 atom stereocenters. The van der Waals surface area contributed by atoms with Gasteiger partial charge in [0, 0.05) is 49.4 Å². The molecule has 0 radical (unpaired) electrons. The lowest BCUT2D eigenvalue weighted by Crippen LogP contribution is -2.35. The highest BCUT2D eigenvalue weighted by atomic mass is 16.2. The molecule has 0 bridgehead atoms. The summed E-state index contributed by atoms with van der Waals surface area (Å²) in [5.74, 6) is 1.97. The average Bonchev–Trinajstić information content (AvgIpc) is 3.11. The first-order valence-corrected chi connectivity index (χ1v) is 12.1. The second kappa shape index (κ2) is 10.6. The number of aromatic nitrogens is 2. The largest absolute Gasteiger partial charge is 0.354 e. The van der Waals surface area contributed by atoms with Gasteiger partial charge in [0.1, 0.15) is 11.6 Å². The zero-order chi connectivity index (χ0) is 23.2. The summed E-state index contributed by atoms with van der Waals surface area (Å²) in [6.07, 6.45) is 3.61. The molecule has 0 spiro atoms. The number of hydrogen-bond acceptors (Lipinski definition) is 4. The Morgan fingerprint density at radius 3 is 2.30 bits per heavy atom. The van der Waals surface area contributed by atoms with Crippen molar-refractivity contribution in [1.29, 1.82) is 0 Å². The Bertz CT molecular complexity index is 1080. The zero-order valence-electron chi connectivity index (χ0n) is 20.1. The van der Waals surface area contributed by atoms with Gasteiger partial charge in [-0.25, -0.2) is 9.97 Å². The smallest absolute Gasteiger partial charge is 0.253 e. The molecule has 0 N–H and O–H groups in total. The molecular formula is C28H34N4O. The van der Waals surface area contributed by atoms with E-state index in [9.17, 15) is 4.79 Å². The van der Waals surface area contributed by atoms with Crippen LogP contribution in [0.3, 0.4) is 0 Å². The number of anilines is 1. The minimum absolute atomic E-state index is 0.122. The van der Waals surface area contributed by atoms with Gasteiger partial charge in [0.05, 0.1) is 0 Å². The third kappa shape index (κ3) is 5.41. The first-order valence-electron chi connectivity index (χ1n) is 12.1. The molecule has 1 fully saturated rings. The Labute approximate surface area is 197 Å². The van der Waals surface area contributed by atoms with E-state index in [1.165, 1.54) is 16.7 Å². The quantitative estimate of drug-likeness (QED) is 0.547. The fourth-order valence-electron chi connectivity index (χ4n) is 4.57. The predicted octanol–water partition coefficient (Wildman–Crippen LogP) is 4.85. The molecule has 4 rings (SSSR count). The van der Waals surface area contributed by atoms with Crippen LogP contribution in [0.25, 0.3) is 0 Å². The average molecular weight is 443 g/mol. The van der Waals surface area contributed by atoms with Crippen molar-refractivity contribution in [1.82, 2.24) is 14.9 Å². The number of benzene rings is 2. The summed E-state index contributed by atoms with van der Waals surface area (Å²) in [5, 5.41) is 0. The van der Waals surface area contributed by atoms with Gasteiger partial charge in [-0.15, -0.1) is 0 Å². The van der Waals surface area contributed by atoms with Gasteiger partial charge in [0.25, 0.3) is 5.91 Å².